The van der Waals surface area contributed by atoms with E-state index in [1.807, 2.05) is 25.1 Å². The minimum Gasteiger partial charge on any atom is -0.415 e. The third-order valence-corrected chi connectivity index (χ3v) is 9.16. The molecule has 1 atom stereocenters. The van der Waals surface area contributed by atoms with Crippen molar-refractivity contribution in [1.29, 1.82) is 0 Å². The number of tetrazole rings is 1. The predicted octanol–water partition coefficient (Wildman–Crippen LogP) is 2.80. The fourth-order valence-corrected chi connectivity index (χ4v) is 3.10. The summed E-state index contributed by atoms with van der Waals surface area (Å²) in [6.07, 6.45) is 0. The van der Waals surface area contributed by atoms with Crippen LogP contribution in [0, 0.1) is 0 Å². The highest BCUT2D eigenvalue weighted by Crippen LogP contribution is 2.37. The molecular formula is C16H29N7O2Si. The molecule has 2 rings (SSSR count). The topological polar surface area (TPSA) is 99.0 Å². The predicted molar refractivity (Wildman–Crippen MR) is 103 cm³/mol. The Hall–Kier alpha value is -1.88. The summed E-state index contributed by atoms with van der Waals surface area (Å²) in [6, 6.07) is 5.54. The van der Waals surface area contributed by atoms with Gasteiger partial charge in [0.25, 0.3) is 0 Å². The Morgan fingerprint density at radius 1 is 1.27 bits per heavy atom. The van der Waals surface area contributed by atoms with Gasteiger partial charge in [-0.2, -0.15) is 0 Å². The number of hydrogen-bond donors (Lipinski definition) is 2. The molecule has 0 aliphatic heterocycles. The van der Waals surface area contributed by atoms with Crippen molar-refractivity contribution >= 4 is 14.1 Å². The number of aromatic nitrogens is 5. The number of anilines is 1. The van der Waals surface area contributed by atoms with Gasteiger partial charge in [-0.05, 0) is 47.6 Å². The zero-order valence-corrected chi connectivity index (χ0v) is 17.6. The Morgan fingerprint density at radius 3 is 2.65 bits per heavy atom. The van der Waals surface area contributed by atoms with Gasteiger partial charge in [-0.25, -0.2) is 9.67 Å². The van der Waals surface area contributed by atoms with Crippen LogP contribution in [0.1, 0.15) is 33.7 Å². The Bertz CT molecular complexity index is 715. The normalized spacial score (nSPS) is 13.7. The van der Waals surface area contributed by atoms with E-state index in [1.165, 1.54) is 7.11 Å². The second kappa shape index (κ2) is 8.21. The molecule has 144 valence electrons. The Labute approximate surface area is 155 Å². The monoisotopic (exact) mass is 379 g/mol. The number of pyridine rings is 1. The maximum atomic E-state index is 6.31. The zero-order valence-electron chi connectivity index (χ0n) is 16.6. The van der Waals surface area contributed by atoms with Gasteiger partial charge in [0.05, 0.1) is 19.8 Å². The lowest BCUT2D eigenvalue weighted by molar-refractivity contribution is 0.111. The van der Waals surface area contributed by atoms with Crippen molar-refractivity contribution in [3.05, 3.63) is 18.2 Å². The van der Waals surface area contributed by atoms with Gasteiger partial charge in [0, 0.05) is 0 Å². The van der Waals surface area contributed by atoms with Crippen molar-refractivity contribution in [3.63, 3.8) is 0 Å². The van der Waals surface area contributed by atoms with E-state index < -0.39 is 8.32 Å². The molecule has 10 heteroatoms. The molecule has 2 aromatic rings. The molecule has 0 unspecified atom stereocenters. The fourth-order valence-electron chi connectivity index (χ4n) is 2.01. The van der Waals surface area contributed by atoms with Crippen LogP contribution in [0.15, 0.2) is 18.2 Å². The van der Waals surface area contributed by atoms with Crippen molar-refractivity contribution in [2.75, 3.05) is 19.1 Å². The third-order valence-electron chi connectivity index (χ3n) is 4.66. The number of hydrazine groups is 1. The summed E-state index contributed by atoms with van der Waals surface area (Å²) in [4.78, 5) is 9.27. The van der Waals surface area contributed by atoms with Crippen LogP contribution in [0.4, 0.5) is 5.82 Å². The molecule has 0 saturated carbocycles. The minimum atomic E-state index is -1.83. The summed E-state index contributed by atoms with van der Waals surface area (Å²) in [5.41, 5.74) is 6.03. The Kier molecular flexibility index (Phi) is 6.45. The molecule has 2 aromatic heterocycles. The smallest absolute Gasteiger partial charge is 0.201 e. The molecule has 26 heavy (non-hydrogen) atoms. The molecule has 0 amide bonds. The van der Waals surface area contributed by atoms with E-state index >= 15 is 0 Å². The molecule has 9 nitrogen and oxygen atoms in total. The van der Waals surface area contributed by atoms with E-state index in [9.17, 15) is 0 Å². The molecule has 0 aliphatic rings. The van der Waals surface area contributed by atoms with Gasteiger partial charge in [-0.1, -0.05) is 26.8 Å². The summed E-state index contributed by atoms with van der Waals surface area (Å²) in [5.74, 6) is 1.20. The number of nitrogens with one attached hydrogen (secondary N) is 2. The summed E-state index contributed by atoms with van der Waals surface area (Å²) < 4.78 is 8.06. The van der Waals surface area contributed by atoms with E-state index in [2.05, 4.69) is 65.4 Å². The number of rotatable bonds is 8. The highest BCUT2D eigenvalue weighted by atomic mass is 28.4. The molecule has 0 fully saturated rings. The van der Waals surface area contributed by atoms with E-state index in [0.29, 0.717) is 23.9 Å². The van der Waals surface area contributed by atoms with Crippen LogP contribution in [0.5, 0.6) is 0 Å². The minimum absolute atomic E-state index is 0.00959. The molecule has 2 heterocycles. The van der Waals surface area contributed by atoms with Crippen LogP contribution in [0.3, 0.4) is 0 Å². The van der Waals surface area contributed by atoms with Gasteiger partial charge in [0.1, 0.15) is 11.5 Å². The third kappa shape index (κ3) is 4.85. The number of nitrogens with zero attached hydrogens (tertiary/aromatic N) is 5. The first-order chi connectivity index (χ1) is 12.2. The standard InChI is InChI=1S/C16H29N7O2Si/c1-12(11-25-26(6,7)16(2,3)4)23-15(19-20-21-23)13-9-8-10-14(17-13)18-22-24-5/h8-10,12,22H,11H2,1-7H3,(H,17,18)/t12-/m1/s1. The van der Waals surface area contributed by atoms with Crippen molar-refractivity contribution < 1.29 is 9.26 Å². The van der Waals surface area contributed by atoms with Gasteiger partial charge in [-0.15, -0.1) is 10.7 Å². The second-order valence-electron chi connectivity index (χ2n) is 7.71. The molecule has 0 bridgehead atoms. The van der Waals surface area contributed by atoms with Gasteiger partial charge in [-0.3, -0.25) is 10.3 Å². The van der Waals surface area contributed by atoms with Crippen LogP contribution < -0.4 is 11.0 Å². The van der Waals surface area contributed by atoms with E-state index in [1.54, 1.807) is 4.68 Å². The molecular weight excluding hydrogens is 350 g/mol. The first-order valence-electron chi connectivity index (χ1n) is 8.59. The largest absolute Gasteiger partial charge is 0.415 e. The van der Waals surface area contributed by atoms with Crippen molar-refractivity contribution in [3.8, 4) is 11.5 Å². The second-order valence-corrected chi connectivity index (χ2v) is 12.5. The maximum absolute atomic E-state index is 6.31. The molecule has 0 saturated heterocycles. The van der Waals surface area contributed by atoms with Crippen molar-refractivity contribution in [2.24, 2.45) is 0 Å². The van der Waals surface area contributed by atoms with Crippen LogP contribution in [0.2, 0.25) is 18.1 Å². The Morgan fingerprint density at radius 2 is 2.00 bits per heavy atom. The first-order valence-corrected chi connectivity index (χ1v) is 11.5. The quantitative estimate of drug-likeness (QED) is 0.533. The summed E-state index contributed by atoms with van der Waals surface area (Å²) >= 11 is 0. The lowest BCUT2D eigenvalue weighted by atomic mass is 10.2. The molecule has 0 radical (unpaired) electrons. The Balaban J connectivity index is 2.15. The van der Waals surface area contributed by atoms with Gasteiger partial charge in [0.15, 0.2) is 8.32 Å². The van der Waals surface area contributed by atoms with Crippen LogP contribution in [-0.4, -0.2) is 47.2 Å². The fraction of sp³-hybridized carbons (Fsp3) is 0.625. The number of hydrogen-bond acceptors (Lipinski definition) is 8. The lowest BCUT2D eigenvalue weighted by Crippen LogP contribution is -2.42. The average molecular weight is 380 g/mol. The highest BCUT2D eigenvalue weighted by molar-refractivity contribution is 6.74. The maximum Gasteiger partial charge on any atom is 0.201 e. The summed E-state index contributed by atoms with van der Waals surface area (Å²) in [5, 5.41) is 12.3. The van der Waals surface area contributed by atoms with Gasteiger partial charge >= 0.3 is 0 Å². The average Bonchev–Trinajstić information content (AvgIpc) is 3.07. The molecule has 0 spiro atoms. The van der Waals surface area contributed by atoms with Crippen LogP contribution >= 0.6 is 0 Å². The lowest BCUT2D eigenvalue weighted by Gasteiger charge is -2.36. The van der Waals surface area contributed by atoms with E-state index in [-0.39, 0.29) is 11.1 Å². The van der Waals surface area contributed by atoms with Gasteiger partial charge < -0.3 is 4.43 Å². The summed E-state index contributed by atoms with van der Waals surface area (Å²) in [6.45, 7) is 13.7. The van der Waals surface area contributed by atoms with Crippen LogP contribution in [0.25, 0.3) is 11.5 Å². The first kappa shape index (κ1) is 20.4. The van der Waals surface area contributed by atoms with Gasteiger partial charge in [0.2, 0.25) is 5.82 Å². The van der Waals surface area contributed by atoms with E-state index in [4.69, 9.17) is 9.26 Å². The van der Waals surface area contributed by atoms with Crippen molar-refractivity contribution in [2.45, 2.75) is 51.9 Å². The molecule has 2 N–H and O–H groups in total. The summed E-state index contributed by atoms with van der Waals surface area (Å²) in [7, 11) is -0.315. The SMILES string of the molecule is CONNc1cccc(-c2nnnn2[C@H](C)CO[Si](C)(C)C(C)(C)C)n1. The molecule has 0 aliphatic carbocycles. The van der Waals surface area contributed by atoms with E-state index in [0.717, 1.165) is 0 Å². The molecule has 0 aromatic carbocycles. The van der Waals surface area contributed by atoms with Crippen LogP contribution in [-0.2, 0) is 9.26 Å². The zero-order chi connectivity index (χ0) is 19.4. The highest BCUT2D eigenvalue weighted by Gasteiger charge is 2.37. The van der Waals surface area contributed by atoms with Crippen molar-refractivity contribution in [1.82, 2.24) is 30.8 Å².